The zero-order chi connectivity index (χ0) is 14.7. The van der Waals surface area contributed by atoms with Gasteiger partial charge in [-0.25, -0.2) is 4.79 Å². The summed E-state index contributed by atoms with van der Waals surface area (Å²) < 4.78 is 10.6. The molecule has 20 heavy (non-hydrogen) atoms. The fourth-order valence-corrected chi connectivity index (χ4v) is 2.20. The quantitative estimate of drug-likeness (QED) is 0.797. The van der Waals surface area contributed by atoms with Crippen LogP contribution in [0.4, 0.5) is 0 Å². The molecule has 2 aromatic rings. The van der Waals surface area contributed by atoms with Crippen LogP contribution in [0.2, 0.25) is 0 Å². The molecular weight excluding hydrogens is 254 g/mol. The summed E-state index contributed by atoms with van der Waals surface area (Å²) in [5.74, 6) is 1.37. The van der Waals surface area contributed by atoms with Gasteiger partial charge in [-0.3, -0.25) is 4.98 Å². The molecule has 0 bridgehead atoms. The molecule has 4 nitrogen and oxygen atoms in total. The normalized spacial score (nSPS) is 10.6. The number of pyridine rings is 1. The summed E-state index contributed by atoms with van der Waals surface area (Å²) in [6.07, 6.45) is 0.678. The maximum atomic E-state index is 11.9. The lowest BCUT2D eigenvalue weighted by Gasteiger charge is -2.08. The van der Waals surface area contributed by atoms with E-state index < -0.39 is 0 Å². The summed E-state index contributed by atoms with van der Waals surface area (Å²) in [6, 6.07) is 5.57. The molecule has 0 fully saturated rings. The van der Waals surface area contributed by atoms with Crippen molar-refractivity contribution in [3.05, 3.63) is 41.0 Å². The number of ether oxygens (including phenoxy) is 1. The second-order valence-corrected chi connectivity index (χ2v) is 4.59. The highest BCUT2D eigenvalue weighted by molar-refractivity contribution is 5.91. The van der Waals surface area contributed by atoms with Crippen molar-refractivity contribution in [1.82, 2.24) is 4.98 Å². The van der Waals surface area contributed by atoms with E-state index in [1.54, 1.807) is 13.0 Å². The van der Waals surface area contributed by atoms with Crippen molar-refractivity contribution in [3.8, 4) is 11.3 Å². The predicted octanol–water partition coefficient (Wildman–Crippen LogP) is 3.70. The number of rotatable bonds is 4. The van der Waals surface area contributed by atoms with Crippen molar-refractivity contribution in [2.45, 2.75) is 34.1 Å². The van der Waals surface area contributed by atoms with Crippen molar-refractivity contribution in [2.75, 3.05) is 6.61 Å². The number of furan rings is 1. The molecule has 2 heterocycles. The highest BCUT2D eigenvalue weighted by Crippen LogP contribution is 2.26. The van der Waals surface area contributed by atoms with Crippen molar-refractivity contribution >= 4 is 5.97 Å². The average molecular weight is 273 g/mol. The van der Waals surface area contributed by atoms with Crippen LogP contribution in [0.5, 0.6) is 0 Å². The average Bonchev–Trinajstić information content (AvgIpc) is 2.77. The summed E-state index contributed by atoms with van der Waals surface area (Å²) in [5, 5.41) is 0. The topological polar surface area (TPSA) is 52.3 Å². The van der Waals surface area contributed by atoms with E-state index >= 15 is 0 Å². The number of esters is 1. The summed E-state index contributed by atoms with van der Waals surface area (Å²) in [7, 11) is 0. The summed E-state index contributed by atoms with van der Waals surface area (Å²) in [5.41, 5.74) is 3.08. The van der Waals surface area contributed by atoms with E-state index in [4.69, 9.17) is 9.15 Å². The molecule has 0 saturated heterocycles. The Morgan fingerprint density at radius 2 is 2.05 bits per heavy atom. The molecular formula is C16H19NO3. The Balaban J connectivity index is 2.44. The Bertz CT molecular complexity index is 629. The van der Waals surface area contributed by atoms with Gasteiger partial charge < -0.3 is 9.15 Å². The van der Waals surface area contributed by atoms with E-state index in [0.29, 0.717) is 18.6 Å². The third kappa shape index (κ3) is 2.74. The first kappa shape index (κ1) is 14.3. The molecule has 0 aromatic carbocycles. The Kier molecular flexibility index (Phi) is 4.23. The van der Waals surface area contributed by atoms with Gasteiger partial charge in [0.05, 0.1) is 23.6 Å². The van der Waals surface area contributed by atoms with Gasteiger partial charge in [0.1, 0.15) is 11.5 Å². The van der Waals surface area contributed by atoms with Crippen LogP contribution in [0.3, 0.4) is 0 Å². The fraction of sp³-hybridized carbons (Fsp3) is 0.375. The molecule has 0 aliphatic rings. The van der Waals surface area contributed by atoms with Crippen molar-refractivity contribution in [1.29, 1.82) is 0 Å². The first-order valence-corrected chi connectivity index (χ1v) is 6.81. The minimum absolute atomic E-state index is 0.316. The van der Waals surface area contributed by atoms with Gasteiger partial charge in [0, 0.05) is 5.56 Å². The smallest absolute Gasteiger partial charge is 0.339 e. The highest BCUT2D eigenvalue weighted by Gasteiger charge is 2.16. The standard InChI is InChI=1S/C16H19NO3/c1-5-14-12(16(18)19-6-2)7-8-15(17-14)13-9-10(3)20-11(13)4/h7-9H,5-6H2,1-4H3. The van der Waals surface area contributed by atoms with E-state index in [2.05, 4.69) is 4.98 Å². The van der Waals surface area contributed by atoms with Crippen LogP contribution in [0, 0.1) is 13.8 Å². The lowest BCUT2D eigenvalue weighted by Crippen LogP contribution is -2.09. The van der Waals surface area contributed by atoms with Crippen molar-refractivity contribution in [3.63, 3.8) is 0 Å². The summed E-state index contributed by atoms with van der Waals surface area (Å²) in [6.45, 7) is 7.95. The summed E-state index contributed by atoms with van der Waals surface area (Å²) in [4.78, 5) is 16.4. The minimum Gasteiger partial charge on any atom is -0.466 e. The first-order chi connectivity index (χ1) is 9.56. The van der Waals surface area contributed by atoms with E-state index in [-0.39, 0.29) is 5.97 Å². The molecule has 106 valence electrons. The molecule has 0 saturated carbocycles. The van der Waals surface area contributed by atoms with E-state index in [1.807, 2.05) is 32.9 Å². The number of hydrogen-bond donors (Lipinski definition) is 0. The van der Waals surface area contributed by atoms with Gasteiger partial charge >= 0.3 is 5.97 Å². The van der Waals surface area contributed by atoms with Gasteiger partial charge in [-0.05, 0) is 45.4 Å². The molecule has 0 aliphatic carbocycles. The number of nitrogens with zero attached hydrogens (tertiary/aromatic N) is 1. The molecule has 2 aromatic heterocycles. The van der Waals surface area contributed by atoms with Gasteiger partial charge in [-0.2, -0.15) is 0 Å². The number of carbonyl (C=O) groups is 1. The number of aromatic nitrogens is 1. The SMILES string of the molecule is CCOC(=O)c1ccc(-c2cc(C)oc2C)nc1CC. The van der Waals surface area contributed by atoms with Crippen molar-refractivity contribution < 1.29 is 13.9 Å². The maximum absolute atomic E-state index is 11.9. The zero-order valence-corrected chi connectivity index (χ0v) is 12.3. The second kappa shape index (κ2) is 5.90. The Labute approximate surface area is 118 Å². The van der Waals surface area contributed by atoms with Gasteiger partial charge in [0.15, 0.2) is 0 Å². The predicted molar refractivity (Wildman–Crippen MR) is 76.7 cm³/mol. The van der Waals surface area contributed by atoms with Crippen LogP contribution in [0.1, 0.15) is 41.4 Å². The first-order valence-electron chi connectivity index (χ1n) is 6.81. The molecule has 0 unspecified atom stereocenters. The van der Waals surface area contributed by atoms with Crippen LogP contribution in [-0.4, -0.2) is 17.6 Å². The Morgan fingerprint density at radius 1 is 1.30 bits per heavy atom. The van der Waals surface area contributed by atoms with Crippen LogP contribution in [0.15, 0.2) is 22.6 Å². The van der Waals surface area contributed by atoms with Gasteiger partial charge in [0.25, 0.3) is 0 Å². The largest absolute Gasteiger partial charge is 0.466 e. The maximum Gasteiger partial charge on any atom is 0.339 e. The van der Waals surface area contributed by atoms with Crippen molar-refractivity contribution in [2.24, 2.45) is 0 Å². The highest BCUT2D eigenvalue weighted by atomic mass is 16.5. The molecule has 0 atom stereocenters. The third-order valence-corrected chi connectivity index (χ3v) is 3.12. The minimum atomic E-state index is -0.316. The molecule has 0 amide bonds. The Hall–Kier alpha value is -2.10. The van der Waals surface area contributed by atoms with Gasteiger partial charge in [-0.1, -0.05) is 6.92 Å². The summed E-state index contributed by atoms with van der Waals surface area (Å²) >= 11 is 0. The molecule has 4 heteroatoms. The number of carbonyl (C=O) groups excluding carboxylic acids is 1. The monoisotopic (exact) mass is 273 g/mol. The van der Waals surface area contributed by atoms with Crippen LogP contribution in [0.25, 0.3) is 11.3 Å². The fourth-order valence-electron chi connectivity index (χ4n) is 2.20. The van der Waals surface area contributed by atoms with E-state index in [1.165, 1.54) is 0 Å². The van der Waals surface area contributed by atoms with Crippen LogP contribution < -0.4 is 0 Å². The molecule has 0 spiro atoms. The second-order valence-electron chi connectivity index (χ2n) is 4.59. The van der Waals surface area contributed by atoms with Gasteiger partial charge in [0.2, 0.25) is 0 Å². The van der Waals surface area contributed by atoms with Crippen LogP contribution in [-0.2, 0) is 11.2 Å². The Morgan fingerprint density at radius 3 is 2.60 bits per heavy atom. The lowest BCUT2D eigenvalue weighted by molar-refractivity contribution is 0.0524. The number of aryl methyl sites for hydroxylation is 3. The number of hydrogen-bond acceptors (Lipinski definition) is 4. The molecule has 2 rings (SSSR count). The molecule has 0 aliphatic heterocycles. The third-order valence-electron chi connectivity index (χ3n) is 3.12. The van der Waals surface area contributed by atoms with E-state index in [0.717, 1.165) is 28.5 Å². The van der Waals surface area contributed by atoms with Crippen LogP contribution >= 0.6 is 0 Å². The molecule has 0 radical (unpaired) electrons. The molecule has 0 N–H and O–H groups in total. The van der Waals surface area contributed by atoms with Gasteiger partial charge in [-0.15, -0.1) is 0 Å². The zero-order valence-electron chi connectivity index (χ0n) is 12.3. The van der Waals surface area contributed by atoms with E-state index in [9.17, 15) is 4.79 Å². The lowest BCUT2D eigenvalue weighted by atomic mass is 10.1.